The Hall–Kier alpha value is -0.370. The topological polar surface area (TPSA) is 37.3 Å². The maximum Gasteiger partial charge on any atom is 0.133 e. The molecule has 0 unspecified atom stereocenters. The van der Waals surface area contributed by atoms with Crippen LogP contribution in [0.5, 0.6) is 0 Å². The van der Waals surface area contributed by atoms with Gasteiger partial charge in [0.15, 0.2) is 0 Å². The van der Waals surface area contributed by atoms with Crippen LogP contribution in [0.1, 0.15) is 86.0 Å². The molecule has 4 saturated carbocycles. The molecule has 2 heteroatoms. The van der Waals surface area contributed by atoms with Crippen molar-refractivity contribution in [3.05, 3.63) is 0 Å². The molecule has 0 spiro atoms. The normalized spacial score (nSPS) is 56.3. The molecule has 1 N–H and O–H groups in total. The molecule has 4 rings (SSSR count). The number of hydrogen-bond acceptors (Lipinski definition) is 2. The second-order valence-corrected chi connectivity index (χ2v) is 11.1. The van der Waals surface area contributed by atoms with E-state index in [1.165, 1.54) is 25.7 Å². The van der Waals surface area contributed by atoms with Gasteiger partial charge < -0.3 is 5.11 Å². The van der Waals surface area contributed by atoms with Crippen LogP contribution in [0.15, 0.2) is 0 Å². The van der Waals surface area contributed by atoms with Crippen molar-refractivity contribution in [1.82, 2.24) is 0 Å². The fourth-order valence-corrected chi connectivity index (χ4v) is 8.46. The zero-order valence-electron chi connectivity index (χ0n) is 16.3. The van der Waals surface area contributed by atoms with Crippen LogP contribution >= 0.6 is 0 Å². The first-order valence-electron chi connectivity index (χ1n) is 10.3. The van der Waals surface area contributed by atoms with Gasteiger partial charge >= 0.3 is 0 Å². The third-order valence-electron chi connectivity index (χ3n) is 10.1. The second kappa shape index (κ2) is 4.87. The summed E-state index contributed by atoms with van der Waals surface area (Å²) in [7, 11) is 0. The van der Waals surface area contributed by atoms with E-state index in [2.05, 4.69) is 34.6 Å². The van der Waals surface area contributed by atoms with Crippen molar-refractivity contribution in [2.45, 2.75) is 92.1 Å². The lowest BCUT2D eigenvalue weighted by Gasteiger charge is -2.69. The summed E-state index contributed by atoms with van der Waals surface area (Å²) in [6.07, 6.45) is 8.62. The highest BCUT2D eigenvalue weighted by atomic mass is 16.3. The van der Waals surface area contributed by atoms with Crippen molar-refractivity contribution in [3.63, 3.8) is 0 Å². The van der Waals surface area contributed by atoms with Crippen molar-refractivity contribution in [2.75, 3.05) is 0 Å². The lowest BCUT2D eigenvalue weighted by Crippen LogP contribution is -2.63. The van der Waals surface area contributed by atoms with Crippen LogP contribution < -0.4 is 0 Å². The van der Waals surface area contributed by atoms with E-state index in [-0.39, 0.29) is 16.9 Å². The molecule has 0 amide bonds. The summed E-state index contributed by atoms with van der Waals surface area (Å²) in [5, 5.41) is 10.6. The van der Waals surface area contributed by atoms with Crippen molar-refractivity contribution >= 4 is 5.78 Å². The van der Waals surface area contributed by atoms with Gasteiger partial charge in [-0.25, -0.2) is 0 Å². The van der Waals surface area contributed by atoms with E-state index < -0.39 is 0 Å². The number of carbonyl (C=O) groups is 1. The predicted molar refractivity (Wildman–Crippen MR) is 96.5 cm³/mol. The van der Waals surface area contributed by atoms with Crippen molar-refractivity contribution in [3.8, 4) is 0 Å². The minimum atomic E-state index is -0.153. The number of fused-ring (bicyclic) bond motifs is 5. The third kappa shape index (κ3) is 1.85. The average molecular weight is 333 g/mol. The Morgan fingerprint density at radius 1 is 0.875 bits per heavy atom. The van der Waals surface area contributed by atoms with Gasteiger partial charge in [-0.3, -0.25) is 4.79 Å². The van der Waals surface area contributed by atoms with Crippen LogP contribution in [0.3, 0.4) is 0 Å². The number of hydrogen-bond donors (Lipinski definition) is 1. The quantitative estimate of drug-likeness (QED) is 0.679. The van der Waals surface area contributed by atoms with Crippen LogP contribution in [0.25, 0.3) is 0 Å². The Bertz CT molecular complexity index is 566. The molecule has 4 aliphatic rings. The average Bonchev–Trinajstić information content (AvgIpc) is 2.79. The summed E-state index contributed by atoms with van der Waals surface area (Å²) >= 11 is 0. The van der Waals surface area contributed by atoms with Crippen molar-refractivity contribution in [1.29, 1.82) is 0 Å². The molecule has 2 nitrogen and oxygen atoms in total. The Morgan fingerprint density at radius 3 is 2.29 bits per heavy atom. The first kappa shape index (κ1) is 17.1. The number of ketones is 1. The van der Waals surface area contributed by atoms with Crippen LogP contribution in [0.2, 0.25) is 0 Å². The summed E-state index contributed by atoms with van der Waals surface area (Å²) in [4.78, 5) is 12.3. The van der Waals surface area contributed by atoms with Gasteiger partial charge in [0.05, 0.1) is 6.10 Å². The molecule has 0 aromatic carbocycles. The minimum Gasteiger partial charge on any atom is -0.393 e. The summed E-state index contributed by atoms with van der Waals surface area (Å²) in [5.41, 5.74) is 0.861. The number of Topliss-reactive ketones (excluding diaryl/α,β-unsaturated/α-hetero) is 1. The Labute approximate surface area is 147 Å². The van der Waals surface area contributed by atoms with Gasteiger partial charge in [-0.05, 0) is 77.9 Å². The zero-order valence-corrected chi connectivity index (χ0v) is 16.3. The van der Waals surface area contributed by atoms with E-state index in [4.69, 9.17) is 0 Å². The number of aliphatic hydroxyl groups is 1. The van der Waals surface area contributed by atoms with Crippen LogP contribution in [-0.4, -0.2) is 17.0 Å². The molecule has 4 fully saturated rings. The fraction of sp³-hybridized carbons (Fsp3) is 0.955. The maximum atomic E-state index is 12.3. The standard InChI is InChI=1S/C22H36O2/c1-19(2)16-8-11-21(4)17(20(16,3)10-9-18(19)24)7-6-14-12-15(23)13-22(14,21)5/h14,16-18,24H,6-13H2,1-5H3/t14-,16+,17+,18+,20+,21-,22-/m1/s1. The highest BCUT2D eigenvalue weighted by molar-refractivity contribution is 5.82. The minimum absolute atomic E-state index is 0.0254. The smallest absolute Gasteiger partial charge is 0.133 e. The molecule has 0 bridgehead atoms. The molecule has 24 heavy (non-hydrogen) atoms. The molecule has 0 heterocycles. The van der Waals surface area contributed by atoms with E-state index in [1.807, 2.05) is 0 Å². The van der Waals surface area contributed by atoms with Gasteiger partial charge in [-0.15, -0.1) is 0 Å². The van der Waals surface area contributed by atoms with E-state index in [9.17, 15) is 9.90 Å². The number of aliphatic hydroxyl groups excluding tert-OH is 1. The Morgan fingerprint density at radius 2 is 1.58 bits per heavy atom. The fourth-order valence-electron chi connectivity index (χ4n) is 8.46. The SMILES string of the molecule is CC1(C)[C@@H](O)CC[C@@]2(C)[C@H]1CC[C@]1(C)[C@H]2CC[C@@H]2CC(=O)C[C@]21C. The number of rotatable bonds is 0. The van der Waals surface area contributed by atoms with Gasteiger partial charge in [-0.1, -0.05) is 34.6 Å². The first-order valence-corrected chi connectivity index (χ1v) is 10.3. The molecule has 0 saturated heterocycles. The molecule has 0 aromatic rings. The summed E-state index contributed by atoms with van der Waals surface area (Å²) < 4.78 is 0. The van der Waals surface area contributed by atoms with Crippen LogP contribution in [-0.2, 0) is 4.79 Å². The highest BCUT2D eigenvalue weighted by Gasteiger charge is 2.68. The monoisotopic (exact) mass is 332 g/mol. The van der Waals surface area contributed by atoms with Gasteiger partial charge in [0, 0.05) is 12.8 Å². The lowest BCUT2D eigenvalue weighted by atomic mass is 9.36. The lowest BCUT2D eigenvalue weighted by molar-refractivity contribution is -0.219. The van der Waals surface area contributed by atoms with Crippen LogP contribution in [0.4, 0.5) is 0 Å². The molecule has 0 aromatic heterocycles. The van der Waals surface area contributed by atoms with Crippen molar-refractivity contribution in [2.24, 2.45) is 39.4 Å². The van der Waals surface area contributed by atoms with Crippen molar-refractivity contribution < 1.29 is 9.90 Å². The Balaban J connectivity index is 1.76. The zero-order chi connectivity index (χ0) is 17.5. The van der Waals surface area contributed by atoms with E-state index in [1.54, 1.807) is 0 Å². The molecule has 0 radical (unpaired) electrons. The highest BCUT2D eigenvalue weighted by Crippen LogP contribution is 2.74. The number of carbonyl (C=O) groups excluding carboxylic acids is 1. The second-order valence-electron chi connectivity index (χ2n) is 11.1. The van der Waals surface area contributed by atoms with Crippen LogP contribution in [0, 0.1) is 39.4 Å². The summed E-state index contributed by atoms with van der Waals surface area (Å²) in [6.45, 7) is 12.1. The maximum absolute atomic E-state index is 12.3. The summed E-state index contributed by atoms with van der Waals surface area (Å²) in [5.74, 6) is 2.45. The predicted octanol–water partition coefficient (Wildman–Crippen LogP) is 4.99. The van der Waals surface area contributed by atoms with Gasteiger partial charge in [-0.2, -0.15) is 0 Å². The van der Waals surface area contributed by atoms with E-state index in [0.717, 1.165) is 25.7 Å². The molecule has 7 atom stereocenters. The Kier molecular flexibility index (Phi) is 3.46. The largest absolute Gasteiger partial charge is 0.393 e. The van der Waals surface area contributed by atoms with E-state index >= 15 is 0 Å². The molecule has 0 aliphatic heterocycles. The molecular weight excluding hydrogens is 296 g/mol. The van der Waals surface area contributed by atoms with Gasteiger partial charge in [0.2, 0.25) is 0 Å². The molecule has 4 aliphatic carbocycles. The van der Waals surface area contributed by atoms with E-state index in [0.29, 0.717) is 34.4 Å². The molecule has 136 valence electrons. The molecular formula is C22H36O2. The third-order valence-corrected chi connectivity index (χ3v) is 10.1. The van der Waals surface area contributed by atoms with Gasteiger partial charge in [0.1, 0.15) is 5.78 Å². The first-order chi connectivity index (χ1) is 11.1. The van der Waals surface area contributed by atoms with Gasteiger partial charge in [0.25, 0.3) is 0 Å². The summed E-state index contributed by atoms with van der Waals surface area (Å²) in [6, 6.07) is 0.